The van der Waals surface area contributed by atoms with Gasteiger partial charge in [0.1, 0.15) is 0 Å². The predicted molar refractivity (Wildman–Crippen MR) is 94.3 cm³/mol. The summed E-state index contributed by atoms with van der Waals surface area (Å²) in [7, 11) is 0. The molecule has 0 unspecified atom stereocenters. The zero-order chi connectivity index (χ0) is 16.0. The Hall–Kier alpha value is -2.14. The summed E-state index contributed by atoms with van der Waals surface area (Å²) in [6.45, 7) is 3.85. The number of piperidine rings is 1. The number of aromatic nitrogens is 1. The summed E-state index contributed by atoms with van der Waals surface area (Å²) in [5, 5.41) is 1.61. The number of thiophene rings is 1. The van der Waals surface area contributed by atoms with Crippen molar-refractivity contribution in [1.29, 1.82) is 0 Å². The van der Waals surface area contributed by atoms with Gasteiger partial charge in [-0.25, -0.2) is 0 Å². The number of nitrogens with zero attached hydrogens (tertiary/aromatic N) is 1. The van der Waals surface area contributed by atoms with E-state index < -0.39 is 0 Å². The van der Waals surface area contributed by atoms with Crippen LogP contribution in [-0.4, -0.2) is 28.9 Å². The number of rotatable bonds is 1. The van der Waals surface area contributed by atoms with Crippen molar-refractivity contribution in [3.8, 4) is 0 Å². The minimum Gasteiger partial charge on any atom is -0.338 e. The summed E-state index contributed by atoms with van der Waals surface area (Å²) in [6.07, 6.45) is 2.11. The fourth-order valence-electron chi connectivity index (χ4n) is 3.21. The van der Waals surface area contributed by atoms with Crippen LogP contribution in [0.5, 0.6) is 0 Å². The molecule has 23 heavy (non-hydrogen) atoms. The molecule has 3 heterocycles. The highest BCUT2D eigenvalue weighted by molar-refractivity contribution is 7.21. The number of fused-ring (bicyclic) bond motifs is 3. The van der Waals surface area contributed by atoms with Crippen LogP contribution in [0, 0.1) is 5.92 Å². The Morgan fingerprint density at radius 2 is 1.96 bits per heavy atom. The first-order valence-corrected chi connectivity index (χ1v) is 8.79. The van der Waals surface area contributed by atoms with Gasteiger partial charge in [0.25, 0.3) is 11.5 Å². The van der Waals surface area contributed by atoms with Crippen LogP contribution in [0.1, 0.15) is 29.4 Å². The molecule has 0 aliphatic carbocycles. The molecule has 1 saturated heterocycles. The van der Waals surface area contributed by atoms with E-state index in [1.54, 1.807) is 6.07 Å². The van der Waals surface area contributed by atoms with Crippen LogP contribution in [0.2, 0.25) is 0 Å². The number of carbonyl (C=O) groups is 1. The fourth-order valence-corrected chi connectivity index (χ4v) is 4.38. The van der Waals surface area contributed by atoms with Crippen molar-refractivity contribution in [3.05, 3.63) is 45.6 Å². The topological polar surface area (TPSA) is 53.2 Å². The number of nitrogens with one attached hydrogen (secondary N) is 1. The summed E-state index contributed by atoms with van der Waals surface area (Å²) in [4.78, 5) is 30.5. The molecule has 0 spiro atoms. The van der Waals surface area contributed by atoms with Crippen molar-refractivity contribution in [2.45, 2.75) is 19.8 Å². The molecule has 0 radical (unpaired) electrons. The summed E-state index contributed by atoms with van der Waals surface area (Å²) in [5.41, 5.74) is 0.693. The van der Waals surface area contributed by atoms with E-state index in [1.165, 1.54) is 11.3 Å². The highest BCUT2D eigenvalue weighted by atomic mass is 32.1. The standard InChI is InChI=1S/C18H18N2O2S/c1-11-6-8-20(9-7-11)18(22)15-10-13-16(23-15)12-4-2-3-5-14(12)19-17(13)21/h2-5,10-11H,6-9H2,1H3,(H,19,21). The Labute approximate surface area is 137 Å². The lowest BCUT2D eigenvalue weighted by Gasteiger charge is -2.29. The van der Waals surface area contributed by atoms with Gasteiger partial charge < -0.3 is 9.88 Å². The van der Waals surface area contributed by atoms with Crippen molar-refractivity contribution in [1.82, 2.24) is 9.88 Å². The van der Waals surface area contributed by atoms with Crippen LogP contribution in [0.3, 0.4) is 0 Å². The Morgan fingerprint density at radius 1 is 1.22 bits per heavy atom. The molecule has 1 aliphatic heterocycles. The lowest BCUT2D eigenvalue weighted by atomic mass is 9.99. The van der Waals surface area contributed by atoms with E-state index in [1.807, 2.05) is 29.2 Å². The number of likely N-dealkylation sites (tertiary alicyclic amines) is 1. The largest absolute Gasteiger partial charge is 0.338 e. The van der Waals surface area contributed by atoms with Gasteiger partial charge in [0, 0.05) is 28.7 Å². The second-order valence-corrected chi connectivity index (χ2v) is 7.38. The second-order valence-electron chi connectivity index (χ2n) is 6.33. The molecular formula is C18H18N2O2S. The maximum absolute atomic E-state index is 12.7. The third kappa shape index (κ3) is 2.45. The SMILES string of the molecule is CC1CCN(C(=O)c2cc3c(=O)[nH]c4ccccc4c3s2)CC1. The quantitative estimate of drug-likeness (QED) is 0.742. The molecule has 1 aromatic carbocycles. The molecule has 1 fully saturated rings. The number of H-pyrrole nitrogens is 1. The van der Waals surface area contributed by atoms with Crippen LogP contribution in [0.25, 0.3) is 21.0 Å². The van der Waals surface area contributed by atoms with Crippen molar-refractivity contribution < 1.29 is 4.79 Å². The smallest absolute Gasteiger partial charge is 0.263 e. The van der Waals surface area contributed by atoms with Crippen LogP contribution in [0.15, 0.2) is 35.1 Å². The fraction of sp³-hybridized carbons (Fsp3) is 0.333. The van der Waals surface area contributed by atoms with E-state index in [4.69, 9.17) is 0 Å². The zero-order valence-corrected chi connectivity index (χ0v) is 13.8. The summed E-state index contributed by atoms with van der Waals surface area (Å²) >= 11 is 1.43. The third-order valence-corrected chi connectivity index (χ3v) is 5.83. The second kappa shape index (κ2) is 5.49. The van der Waals surface area contributed by atoms with E-state index in [0.29, 0.717) is 16.2 Å². The number of aromatic amines is 1. The minimum atomic E-state index is -0.124. The van der Waals surface area contributed by atoms with Gasteiger partial charge in [-0.3, -0.25) is 9.59 Å². The first kappa shape index (κ1) is 14.5. The van der Waals surface area contributed by atoms with Crippen molar-refractivity contribution >= 4 is 38.2 Å². The molecule has 5 heteroatoms. The molecule has 4 nitrogen and oxygen atoms in total. The van der Waals surface area contributed by atoms with E-state index in [9.17, 15) is 9.59 Å². The molecule has 1 aliphatic rings. The van der Waals surface area contributed by atoms with Gasteiger partial charge in [-0.1, -0.05) is 25.1 Å². The van der Waals surface area contributed by atoms with Gasteiger partial charge in [0.05, 0.1) is 10.3 Å². The Morgan fingerprint density at radius 3 is 2.74 bits per heavy atom. The molecule has 1 amide bonds. The van der Waals surface area contributed by atoms with Gasteiger partial charge >= 0.3 is 0 Å². The van der Waals surface area contributed by atoms with Crippen LogP contribution in [-0.2, 0) is 0 Å². The normalized spacial score (nSPS) is 16.3. The van der Waals surface area contributed by atoms with Gasteiger partial charge in [0.15, 0.2) is 0 Å². The van der Waals surface area contributed by atoms with Crippen molar-refractivity contribution in [2.75, 3.05) is 13.1 Å². The van der Waals surface area contributed by atoms with Crippen LogP contribution in [0.4, 0.5) is 0 Å². The third-order valence-electron chi connectivity index (χ3n) is 4.68. The number of amides is 1. The molecule has 1 N–H and O–H groups in total. The van der Waals surface area contributed by atoms with Gasteiger partial charge in [-0.15, -0.1) is 11.3 Å². The molecule has 0 bridgehead atoms. The highest BCUT2D eigenvalue weighted by Gasteiger charge is 2.23. The van der Waals surface area contributed by atoms with E-state index in [-0.39, 0.29) is 11.5 Å². The lowest BCUT2D eigenvalue weighted by Crippen LogP contribution is -2.37. The number of hydrogen-bond donors (Lipinski definition) is 1. The monoisotopic (exact) mass is 326 g/mol. The van der Waals surface area contributed by atoms with Crippen LogP contribution >= 0.6 is 11.3 Å². The summed E-state index contributed by atoms with van der Waals surface area (Å²) in [6, 6.07) is 9.49. The highest BCUT2D eigenvalue weighted by Crippen LogP contribution is 2.30. The first-order valence-electron chi connectivity index (χ1n) is 7.97. The molecule has 0 saturated carbocycles. The predicted octanol–water partition coefficient (Wildman–Crippen LogP) is 3.61. The molecule has 4 rings (SSSR count). The van der Waals surface area contributed by atoms with Gasteiger partial charge in [-0.05, 0) is 30.9 Å². The van der Waals surface area contributed by atoms with E-state index >= 15 is 0 Å². The number of benzene rings is 1. The van der Waals surface area contributed by atoms with E-state index in [0.717, 1.165) is 41.5 Å². The van der Waals surface area contributed by atoms with Crippen LogP contribution < -0.4 is 5.56 Å². The number of pyridine rings is 1. The molecular weight excluding hydrogens is 308 g/mol. The Kier molecular flexibility index (Phi) is 3.45. The number of hydrogen-bond acceptors (Lipinski definition) is 3. The molecule has 3 aromatic rings. The average Bonchev–Trinajstić information content (AvgIpc) is 3.01. The summed E-state index contributed by atoms with van der Waals surface area (Å²) < 4.78 is 0.901. The maximum Gasteiger partial charge on any atom is 0.263 e. The van der Waals surface area contributed by atoms with Crippen molar-refractivity contribution in [2.24, 2.45) is 5.92 Å². The zero-order valence-electron chi connectivity index (χ0n) is 13.0. The number of carbonyl (C=O) groups excluding carboxylic acids is 1. The Balaban J connectivity index is 1.80. The lowest BCUT2D eigenvalue weighted by molar-refractivity contribution is 0.0702. The minimum absolute atomic E-state index is 0.0570. The average molecular weight is 326 g/mol. The molecule has 0 atom stereocenters. The molecule has 2 aromatic heterocycles. The van der Waals surface area contributed by atoms with E-state index in [2.05, 4.69) is 11.9 Å². The maximum atomic E-state index is 12.7. The van der Waals surface area contributed by atoms with Crippen molar-refractivity contribution in [3.63, 3.8) is 0 Å². The Bertz CT molecular complexity index is 948. The van der Waals surface area contributed by atoms with Gasteiger partial charge in [-0.2, -0.15) is 0 Å². The number of para-hydroxylation sites is 1. The summed E-state index contributed by atoms with van der Waals surface area (Å²) in [5.74, 6) is 0.745. The van der Waals surface area contributed by atoms with Gasteiger partial charge in [0.2, 0.25) is 0 Å². The first-order chi connectivity index (χ1) is 11.1. The molecule has 118 valence electrons.